The van der Waals surface area contributed by atoms with Crippen LogP contribution in [-0.4, -0.2) is 39.8 Å². The number of carbonyl (C=O) groups excluding carboxylic acids is 2. The molecular weight excluding hydrogens is 492 g/mol. The van der Waals surface area contributed by atoms with Gasteiger partial charge in [-0.1, -0.05) is 48.0 Å². The molecule has 4 rings (SSSR count). The van der Waals surface area contributed by atoms with Crippen molar-refractivity contribution in [3.8, 4) is 0 Å². The zero-order valence-electron chi connectivity index (χ0n) is 20.5. The SMILES string of the molecule is C[C@@H](C(=O)N(C)c1cccc(Cl)c1)N(C=O)c1cn(Cc2ccc(Cn3ccccc3=O)cc2)nc1N. The van der Waals surface area contributed by atoms with E-state index in [0.717, 1.165) is 11.1 Å². The number of nitrogen functional groups attached to an aromatic ring is 1. The Kier molecular flexibility index (Phi) is 7.74. The summed E-state index contributed by atoms with van der Waals surface area (Å²) in [6, 6.07) is 18.9. The van der Waals surface area contributed by atoms with Crippen LogP contribution in [0, 0.1) is 0 Å². The summed E-state index contributed by atoms with van der Waals surface area (Å²) in [6.45, 7) is 2.52. The molecule has 0 spiro atoms. The Labute approximate surface area is 219 Å². The van der Waals surface area contributed by atoms with Gasteiger partial charge in [-0.25, -0.2) is 0 Å². The molecule has 0 saturated heterocycles. The van der Waals surface area contributed by atoms with Crippen LogP contribution in [0.15, 0.2) is 83.9 Å². The summed E-state index contributed by atoms with van der Waals surface area (Å²) in [5.74, 6) is -0.174. The number of hydrogen-bond acceptors (Lipinski definition) is 5. The fourth-order valence-electron chi connectivity index (χ4n) is 4.00. The fraction of sp³-hybridized carbons (Fsp3) is 0.185. The molecule has 4 aromatic rings. The first-order valence-electron chi connectivity index (χ1n) is 11.6. The summed E-state index contributed by atoms with van der Waals surface area (Å²) >= 11 is 6.05. The Balaban J connectivity index is 1.47. The van der Waals surface area contributed by atoms with E-state index < -0.39 is 6.04 Å². The van der Waals surface area contributed by atoms with Crippen molar-refractivity contribution in [3.05, 3.63) is 106 Å². The average molecular weight is 519 g/mol. The number of benzene rings is 2. The quantitative estimate of drug-likeness (QED) is 0.342. The lowest BCUT2D eigenvalue weighted by Gasteiger charge is -2.28. The number of nitrogens with zero attached hydrogens (tertiary/aromatic N) is 5. The molecule has 2 aromatic heterocycles. The number of carbonyl (C=O) groups is 2. The second-order valence-corrected chi connectivity index (χ2v) is 9.08. The van der Waals surface area contributed by atoms with Crippen LogP contribution in [-0.2, 0) is 22.7 Å². The fourth-order valence-corrected chi connectivity index (χ4v) is 4.18. The monoisotopic (exact) mass is 518 g/mol. The van der Waals surface area contributed by atoms with Crippen LogP contribution < -0.4 is 21.1 Å². The number of hydrogen-bond donors (Lipinski definition) is 1. The Bertz CT molecular complexity index is 1460. The largest absolute Gasteiger partial charge is 0.380 e. The van der Waals surface area contributed by atoms with Crippen molar-refractivity contribution < 1.29 is 9.59 Å². The maximum absolute atomic E-state index is 13.1. The van der Waals surface area contributed by atoms with Gasteiger partial charge in [-0.3, -0.25) is 24.0 Å². The Morgan fingerprint density at radius 1 is 1.08 bits per heavy atom. The van der Waals surface area contributed by atoms with Gasteiger partial charge in [0.1, 0.15) is 11.7 Å². The van der Waals surface area contributed by atoms with Crippen LogP contribution in [0.25, 0.3) is 0 Å². The van der Waals surface area contributed by atoms with E-state index in [1.165, 1.54) is 15.9 Å². The second kappa shape index (κ2) is 11.1. The van der Waals surface area contributed by atoms with Gasteiger partial charge in [0.05, 0.1) is 19.3 Å². The van der Waals surface area contributed by atoms with E-state index in [-0.39, 0.29) is 17.3 Å². The van der Waals surface area contributed by atoms with Crippen LogP contribution in [0.1, 0.15) is 18.1 Å². The minimum absolute atomic E-state index is 0.0580. The zero-order valence-corrected chi connectivity index (χ0v) is 21.2. The lowest BCUT2D eigenvalue weighted by molar-refractivity contribution is -0.121. The summed E-state index contributed by atoms with van der Waals surface area (Å²) in [4.78, 5) is 39.8. The number of halogens is 1. The molecule has 2 amide bonds. The van der Waals surface area contributed by atoms with Crippen molar-refractivity contribution in [2.75, 3.05) is 22.6 Å². The summed E-state index contributed by atoms with van der Waals surface area (Å²) in [7, 11) is 1.62. The molecule has 1 atom stereocenters. The molecule has 10 heteroatoms. The first kappa shape index (κ1) is 25.7. The van der Waals surface area contributed by atoms with E-state index in [1.54, 1.807) is 65.9 Å². The molecule has 0 bridgehead atoms. The number of aromatic nitrogens is 3. The van der Waals surface area contributed by atoms with Crippen LogP contribution >= 0.6 is 11.6 Å². The molecule has 0 radical (unpaired) electrons. The van der Waals surface area contributed by atoms with E-state index >= 15 is 0 Å². The number of amides is 2. The van der Waals surface area contributed by atoms with E-state index in [1.807, 2.05) is 30.3 Å². The predicted octanol–water partition coefficient (Wildman–Crippen LogP) is 3.39. The van der Waals surface area contributed by atoms with Gasteiger partial charge < -0.3 is 15.2 Å². The normalized spacial score (nSPS) is 11.6. The summed E-state index contributed by atoms with van der Waals surface area (Å²) in [5.41, 5.74) is 8.98. The average Bonchev–Trinajstić information content (AvgIpc) is 3.25. The lowest BCUT2D eigenvalue weighted by Crippen LogP contribution is -2.45. The second-order valence-electron chi connectivity index (χ2n) is 8.65. The maximum atomic E-state index is 13.1. The Hall–Kier alpha value is -4.37. The van der Waals surface area contributed by atoms with Crippen molar-refractivity contribution in [3.63, 3.8) is 0 Å². The van der Waals surface area contributed by atoms with Gasteiger partial charge in [0.2, 0.25) is 12.3 Å². The van der Waals surface area contributed by atoms with Crippen molar-refractivity contribution in [2.24, 2.45) is 0 Å². The predicted molar refractivity (Wildman–Crippen MR) is 145 cm³/mol. The van der Waals surface area contributed by atoms with Crippen molar-refractivity contribution in [2.45, 2.75) is 26.1 Å². The van der Waals surface area contributed by atoms with Gasteiger partial charge >= 0.3 is 0 Å². The van der Waals surface area contributed by atoms with E-state index in [2.05, 4.69) is 5.10 Å². The molecule has 0 saturated carbocycles. The number of anilines is 3. The third-order valence-electron chi connectivity index (χ3n) is 6.08. The topological polar surface area (TPSA) is 106 Å². The highest BCUT2D eigenvalue weighted by Gasteiger charge is 2.28. The summed E-state index contributed by atoms with van der Waals surface area (Å²) in [5, 5.41) is 4.84. The van der Waals surface area contributed by atoms with Gasteiger partial charge in [0.15, 0.2) is 5.82 Å². The standard InChI is InChI=1S/C27H27ClN6O3/c1-19(27(37)31(2)23-7-5-6-22(28)14-23)34(18-35)24-17-33(30-26(24)29)16-21-11-9-20(10-12-21)15-32-13-4-3-8-25(32)36/h3-14,17-19H,15-16H2,1-2H3,(H2,29,30)/t19-/m0/s1. The molecule has 2 heterocycles. The van der Waals surface area contributed by atoms with Crippen molar-refractivity contribution in [1.29, 1.82) is 0 Å². The van der Waals surface area contributed by atoms with Crippen LogP contribution in [0.4, 0.5) is 17.2 Å². The highest BCUT2D eigenvalue weighted by molar-refractivity contribution is 6.31. The van der Waals surface area contributed by atoms with Crippen LogP contribution in [0.2, 0.25) is 5.02 Å². The lowest BCUT2D eigenvalue weighted by atomic mass is 10.1. The van der Waals surface area contributed by atoms with Gasteiger partial charge in [0, 0.05) is 30.0 Å². The molecule has 37 heavy (non-hydrogen) atoms. The summed E-state index contributed by atoms with van der Waals surface area (Å²) in [6.07, 6.45) is 3.97. The third-order valence-corrected chi connectivity index (χ3v) is 6.32. The number of nitrogens with two attached hydrogens (primary N) is 1. The Morgan fingerprint density at radius 3 is 2.43 bits per heavy atom. The van der Waals surface area contributed by atoms with Gasteiger partial charge in [-0.05, 0) is 42.3 Å². The molecule has 0 aliphatic heterocycles. The van der Waals surface area contributed by atoms with Crippen LogP contribution in [0.3, 0.4) is 0 Å². The molecule has 190 valence electrons. The molecule has 2 aromatic carbocycles. The number of likely N-dealkylation sites (N-methyl/N-ethyl adjacent to an activating group) is 1. The smallest absolute Gasteiger partial charge is 0.250 e. The van der Waals surface area contributed by atoms with Crippen LogP contribution in [0.5, 0.6) is 0 Å². The van der Waals surface area contributed by atoms with Gasteiger partial charge in [-0.2, -0.15) is 5.10 Å². The Morgan fingerprint density at radius 2 is 1.78 bits per heavy atom. The molecule has 2 N–H and O–H groups in total. The number of pyridine rings is 1. The molecule has 0 aliphatic carbocycles. The zero-order chi connectivity index (χ0) is 26.5. The molecular formula is C27H27ClN6O3. The maximum Gasteiger partial charge on any atom is 0.250 e. The highest BCUT2D eigenvalue weighted by atomic mass is 35.5. The molecule has 0 aliphatic rings. The highest BCUT2D eigenvalue weighted by Crippen LogP contribution is 2.25. The first-order chi connectivity index (χ1) is 17.8. The van der Waals surface area contributed by atoms with E-state index in [0.29, 0.717) is 35.9 Å². The van der Waals surface area contributed by atoms with E-state index in [4.69, 9.17) is 17.3 Å². The van der Waals surface area contributed by atoms with Crippen molar-refractivity contribution >= 4 is 41.1 Å². The molecule has 9 nitrogen and oxygen atoms in total. The first-order valence-corrected chi connectivity index (χ1v) is 12.0. The van der Waals surface area contributed by atoms with E-state index in [9.17, 15) is 14.4 Å². The third kappa shape index (κ3) is 5.90. The minimum Gasteiger partial charge on any atom is -0.380 e. The minimum atomic E-state index is -0.831. The molecule has 0 fully saturated rings. The van der Waals surface area contributed by atoms with Gasteiger partial charge in [-0.15, -0.1) is 0 Å². The number of rotatable bonds is 9. The van der Waals surface area contributed by atoms with Gasteiger partial charge in [0.25, 0.3) is 5.56 Å². The summed E-state index contributed by atoms with van der Waals surface area (Å²) < 4.78 is 3.26. The molecule has 0 unspecified atom stereocenters. The van der Waals surface area contributed by atoms with Crippen molar-refractivity contribution in [1.82, 2.24) is 14.3 Å².